The number of likely N-dealkylation sites (N-methyl/N-ethyl adjacent to an activating group) is 1. The van der Waals surface area contributed by atoms with Crippen molar-refractivity contribution in [1.82, 2.24) is 25.3 Å². The van der Waals surface area contributed by atoms with Crippen molar-refractivity contribution in [2.75, 3.05) is 31.8 Å². The predicted octanol–water partition coefficient (Wildman–Crippen LogP) is 3.41. The molecule has 0 radical (unpaired) electrons. The number of carbonyl (C=O) groups excluding carboxylic acids is 1. The predicted molar refractivity (Wildman–Crippen MR) is 125 cm³/mol. The van der Waals surface area contributed by atoms with E-state index in [0.29, 0.717) is 11.7 Å². The Balaban J connectivity index is 1.82. The Kier molecular flexibility index (Phi) is 5.89. The highest BCUT2D eigenvalue weighted by molar-refractivity contribution is 5.96. The van der Waals surface area contributed by atoms with Crippen LogP contribution in [0.3, 0.4) is 0 Å². The molecular formula is C23H25N7O2. The van der Waals surface area contributed by atoms with Crippen molar-refractivity contribution in [3.8, 4) is 17.0 Å². The third-order valence-corrected chi connectivity index (χ3v) is 5.16. The number of hydrogen-bond acceptors (Lipinski definition) is 7. The number of ether oxygens (including phenoxy) is 1. The van der Waals surface area contributed by atoms with Crippen molar-refractivity contribution in [2.24, 2.45) is 0 Å². The summed E-state index contributed by atoms with van der Waals surface area (Å²) in [4.78, 5) is 28.8. The van der Waals surface area contributed by atoms with Gasteiger partial charge in [0.2, 0.25) is 11.9 Å². The van der Waals surface area contributed by atoms with E-state index in [1.807, 2.05) is 44.3 Å². The van der Waals surface area contributed by atoms with Gasteiger partial charge in [0, 0.05) is 48.7 Å². The first-order valence-electron chi connectivity index (χ1n) is 10.2. The molecule has 0 saturated carbocycles. The maximum Gasteiger partial charge on any atom is 0.229 e. The van der Waals surface area contributed by atoms with Gasteiger partial charge < -0.3 is 25.7 Å². The maximum atomic E-state index is 12.3. The van der Waals surface area contributed by atoms with Gasteiger partial charge in [-0.25, -0.2) is 4.98 Å². The molecule has 4 aromatic rings. The molecule has 32 heavy (non-hydrogen) atoms. The first-order valence-corrected chi connectivity index (χ1v) is 10.2. The van der Waals surface area contributed by atoms with Gasteiger partial charge in [0.1, 0.15) is 11.6 Å². The molecule has 4 N–H and O–H groups in total. The van der Waals surface area contributed by atoms with Crippen LogP contribution in [0, 0.1) is 6.92 Å². The van der Waals surface area contributed by atoms with E-state index in [9.17, 15) is 4.79 Å². The van der Waals surface area contributed by atoms with Crippen molar-refractivity contribution < 1.29 is 9.53 Å². The second kappa shape index (κ2) is 8.93. The van der Waals surface area contributed by atoms with Crippen LogP contribution in [0.5, 0.6) is 5.75 Å². The number of hydrogen-bond donors (Lipinski definition) is 4. The van der Waals surface area contributed by atoms with E-state index in [1.165, 1.54) is 0 Å². The molecule has 0 saturated heterocycles. The average molecular weight is 432 g/mol. The molecule has 1 amide bonds. The number of anilines is 3. The van der Waals surface area contributed by atoms with Gasteiger partial charge in [-0.3, -0.25) is 9.78 Å². The Morgan fingerprint density at radius 3 is 2.75 bits per heavy atom. The van der Waals surface area contributed by atoms with E-state index >= 15 is 0 Å². The number of rotatable bonds is 7. The van der Waals surface area contributed by atoms with Gasteiger partial charge in [0.05, 0.1) is 30.9 Å². The molecule has 0 aliphatic carbocycles. The fourth-order valence-corrected chi connectivity index (χ4v) is 3.63. The minimum atomic E-state index is -0.0787. The van der Waals surface area contributed by atoms with Crippen LogP contribution in [-0.4, -0.2) is 47.0 Å². The number of fused-ring (bicyclic) bond motifs is 1. The van der Waals surface area contributed by atoms with Crippen molar-refractivity contribution in [2.45, 2.75) is 13.3 Å². The zero-order valence-corrected chi connectivity index (χ0v) is 18.4. The lowest BCUT2D eigenvalue weighted by atomic mass is 10.0. The molecule has 0 bridgehead atoms. The minimum absolute atomic E-state index is 0.0787. The quantitative estimate of drug-likeness (QED) is 0.354. The lowest BCUT2D eigenvalue weighted by Gasteiger charge is -2.13. The van der Waals surface area contributed by atoms with Gasteiger partial charge >= 0.3 is 0 Å². The van der Waals surface area contributed by atoms with Crippen LogP contribution in [0.1, 0.15) is 11.3 Å². The molecule has 0 fully saturated rings. The summed E-state index contributed by atoms with van der Waals surface area (Å²) < 4.78 is 5.64. The molecule has 9 heteroatoms. The Bertz CT molecular complexity index is 1280. The van der Waals surface area contributed by atoms with Crippen LogP contribution in [0.2, 0.25) is 0 Å². The van der Waals surface area contributed by atoms with E-state index < -0.39 is 0 Å². The van der Waals surface area contributed by atoms with Gasteiger partial charge in [-0.15, -0.1) is 0 Å². The number of aromatic amines is 1. The summed E-state index contributed by atoms with van der Waals surface area (Å²) in [6.07, 6.45) is 3.70. The summed E-state index contributed by atoms with van der Waals surface area (Å²) in [6.45, 7) is 1.91. The SMILES string of the molecule is CNC(=O)Cc1c(-c2cc(Nc3nc(C)cc(NC)n3)ccc2OC)[nH]c2cnccc12. The second-order valence-corrected chi connectivity index (χ2v) is 7.26. The molecule has 164 valence electrons. The van der Waals surface area contributed by atoms with E-state index in [-0.39, 0.29) is 12.3 Å². The standard InChI is InChI=1S/C23H25N7O2/c1-13-9-20(24-2)30-23(27-13)28-14-5-6-19(32-4)17(10-14)22-16(11-21(31)25-3)15-7-8-26-12-18(15)29-22/h5-10,12,29H,11H2,1-4H3,(H,25,31)(H2,24,27,28,30). The summed E-state index contributed by atoms with van der Waals surface area (Å²) in [6, 6.07) is 9.50. The second-order valence-electron chi connectivity index (χ2n) is 7.26. The fourth-order valence-electron chi connectivity index (χ4n) is 3.63. The van der Waals surface area contributed by atoms with Crippen molar-refractivity contribution in [3.05, 3.63) is 54.0 Å². The van der Waals surface area contributed by atoms with E-state index in [2.05, 4.69) is 35.9 Å². The normalized spacial score (nSPS) is 10.8. The summed E-state index contributed by atoms with van der Waals surface area (Å²) >= 11 is 0. The zero-order valence-electron chi connectivity index (χ0n) is 18.4. The largest absolute Gasteiger partial charge is 0.496 e. The molecule has 9 nitrogen and oxygen atoms in total. The van der Waals surface area contributed by atoms with Gasteiger partial charge in [0.25, 0.3) is 0 Å². The third kappa shape index (κ3) is 4.18. The Hall–Kier alpha value is -4.14. The van der Waals surface area contributed by atoms with Crippen molar-refractivity contribution in [3.63, 3.8) is 0 Å². The Morgan fingerprint density at radius 2 is 2.00 bits per heavy atom. The minimum Gasteiger partial charge on any atom is -0.496 e. The first-order chi connectivity index (χ1) is 15.5. The number of aromatic nitrogens is 4. The summed E-state index contributed by atoms with van der Waals surface area (Å²) in [5, 5.41) is 9.94. The van der Waals surface area contributed by atoms with Crippen LogP contribution in [0.4, 0.5) is 17.5 Å². The van der Waals surface area contributed by atoms with E-state index in [1.54, 1.807) is 26.6 Å². The lowest BCUT2D eigenvalue weighted by molar-refractivity contribution is -0.119. The number of nitrogens with zero attached hydrogens (tertiary/aromatic N) is 3. The highest BCUT2D eigenvalue weighted by Gasteiger charge is 2.19. The van der Waals surface area contributed by atoms with Crippen molar-refractivity contribution in [1.29, 1.82) is 0 Å². The molecule has 0 aliphatic heterocycles. The van der Waals surface area contributed by atoms with E-state index in [4.69, 9.17) is 4.74 Å². The number of H-pyrrole nitrogens is 1. The van der Waals surface area contributed by atoms with Crippen LogP contribution >= 0.6 is 0 Å². The smallest absolute Gasteiger partial charge is 0.229 e. The first kappa shape index (κ1) is 21.1. The number of aryl methyl sites for hydroxylation is 1. The average Bonchev–Trinajstić information content (AvgIpc) is 3.16. The third-order valence-electron chi connectivity index (χ3n) is 5.16. The highest BCUT2D eigenvalue weighted by Crippen LogP contribution is 2.38. The van der Waals surface area contributed by atoms with Crippen LogP contribution in [-0.2, 0) is 11.2 Å². The number of nitrogens with one attached hydrogen (secondary N) is 4. The molecule has 0 spiro atoms. The monoisotopic (exact) mass is 431 g/mol. The molecule has 0 atom stereocenters. The Morgan fingerprint density at radius 1 is 1.16 bits per heavy atom. The Labute approximate surface area is 185 Å². The molecule has 4 rings (SSSR count). The number of benzene rings is 1. The molecule has 3 aromatic heterocycles. The lowest BCUT2D eigenvalue weighted by Crippen LogP contribution is -2.20. The maximum absolute atomic E-state index is 12.3. The van der Waals surface area contributed by atoms with Gasteiger partial charge in [-0.05, 0) is 36.8 Å². The summed E-state index contributed by atoms with van der Waals surface area (Å²) in [7, 11) is 5.07. The number of carbonyl (C=O) groups is 1. The topological polar surface area (TPSA) is 117 Å². The molecule has 1 aromatic carbocycles. The van der Waals surface area contributed by atoms with Crippen LogP contribution in [0.15, 0.2) is 42.7 Å². The molecular weight excluding hydrogens is 406 g/mol. The van der Waals surface area contributed by atoms with Crippen LogP contribution in [0.25, 0.3) is 22.2 Å². The van der Waals surface area contributed by atoms with Gasteiger partial charge in [0.15, 0.2) is 0 Å². The number of pyridine rings is 1. The number of amides is 1. The van der Waals surface area contributed by atoms with Crippen molar-refractivity contribution >= 4 is 34.3 Å². The highest BCUT2D eigenvalue weighted by atomic mass is 16.5. The van der Waals surface area contributed by atoms with Gasteiger partial charge in [-0.2, -0.15) is 4.98 Å². The zero-order chi connectivity index (χ0) is 22.7. The van der Waals surface area contributed by atoms with E-state index in [0.717, 1.165) is 44.9 Å². The summed E-state index contributed by atoms with van der Waals surface area (Å²) in [5.41, 5.74) is 4.98. The molecule has 3 heterocycles. The summed E-state index contributed by atoms with van der Waals surface area (Å²) in [5.74, 6) is 1.81. The molecule has 0 unspecified atom stereocenters. The molecule has 0 aliphatic rings. The van der Waals surface area contributed by atoms with Crippen LogP contribution < -0.4 is 20.7 Å². The number of methoxy groups -OCH3 is 1. The fraction of sp³-hybridized carbons (Fsp3) is 0.217. The van der Waals surface area contributed by atoms with Gasteiger partial charge in [-0.1, -0.05) is 0 Å².